The zero-order valence-corrected chi connectivity index (χ0v) is 22.1. The van der Waals surface area contributed by atoms with Crippen LogP contribution in [0.15, 0.2) is 107 Å². The summed E-state index contributed by atoms with van der Waals surface area (Å²) in [6, 6.07) is 25.2. The van der Waals surface area contributed by atoms with Gasteiger partial charge in [-0.05, 0) is 53.2 Å². The number of carbonyl (C=O) groups is 1. The molecule has 1 saturated heterocycles. The molecule has 1 aliphatic heterocycles. The summed E-state index contributed by atoms with van der Waals surface area (Å²) in [4.78, 5) is 24.7. The van der Waals surface area contributed by atoms with Gasteiger partial charge in [-0.25, -0.2) is 4.98 Å². The first-order valence-electron chi connectivity index (χ1n) is 11.5. The molecule has 4 aromatic rings. The van der Waals surface area contributed by atoms with Gasteiger partial charge in [0.05, 0.1) is 10.6 Å². The molecule has 184 valence electrons. The number of thiazole rings is 1. The number of amidine groups is 1. The number of benzene rings is 3. The molecule has 2 heterocycles. The summed E-state index contributed by atoms with van der Waals surface area (Å²) < 4.78 is 5.86. The molecule has 0 bridgehead atoms. The SMILES string of the molecule is C=CCN1C(=O)/C(=C/c2ccc(OCc3ccc(Cl)cc3)cc2)S/C1=N/c1nc(-c2ccccc2)cs1. The number of aliphatic imine (C=N–C) groups is 1. The van der Waals surface area contributed by atoms with Crippen LogP contribution in [0.3, 0.4) is 0 Å². The maximum atomic E-state index is 13.1. The number of hydrogen-bond donors (Lipinski definition) is 0. The predicted molar refractivity (Wildman–Crippen MR) is 154 cm³/mol. The summed E-state index contributed by atoms with van der Waals surface area (Å²) in [5, 5.41) is 3.87. The Morgan fingerprint density at radius 3 is 2.51 bits per heavy atom. The molecule has 0 saturated carbocycles. The Labute approximate surface area is 228 Å². The highest BCUT2D eigenvalue weighted by Crippen LogP contribution is 2.35. The van der Waals surface area contributed by atoms with Gasteiger partial charge in [0.25, 0.3) is 5.91 Å². The number of ether oxygens (including phenoxy) is 1. The summed E-state index contributed by atoms with van der Waals surface area (Å²) >= 11 is 8.72. The summed E-state index contributed by atoms with van der Waals surface area (Å²) in [6.07, 6.45) is 3.56. The standard InChI is InChI=1S/C29H22ClN3O2S2/c1-2-16-33-27(34)26(37-29(33)32-28-31-25(19-36-28)22-6-4-3-5-7-22)17-20-10-14-24(15-11-20)35-18-21-8-12-23(30)13-9-21/h2-15,17,19H,1,16,18H2/b26-17-,32-29+. The second kappa shape index (κ2) is 11.6. The lowest BCUT2D eigenvalue weighted by Gasteiger charge is -2.11. The molecule has 1 fully saturated rings. The zero-order valence-electron chi connectivity index (χ0n) is 19.7. The highest BCUT2D eigenvalue weighted by molar-refractivity contribution is 8.18. The number of rotatable bonds is 8. The van der Waals surface area contributed by atoms with Gasteiger partial charge in [-0.15, -0.1) is 17.9 Å². The highest BCUT2D eigenvalue weighted by Gasteiger charge is 2.32. The van der Waals surface area contributed by atoms with Crippen molar-refractivity contribution in [3.8, 4) is 17.0 Å². The lowest BCUT2D eigenvalue weighted by Crippen LogP contribution is -2.29. The largest absolute Gasteiger partial charge is 0.489 e. The molecule has 0 spiro atoms. The van der Waals surface area contributed by atoms with Crippen LogP contribution >= 0.6 is 34.7 Å². The third kappa shape index (κ3) is 6.20. The van der Waals surface area contributed by atoms with Gasteiger partial charge < -0.3 is 4.74 Å². The average molecular weight is 544 g/mol. The quantitative estimate of drug-likeness (QED) is 0.168. The number of aromatic nitrogens is 1. The lowest BCUT2D eigenvalue weighted by molar-refractivity contribution is -0.121. The van der Waals surface area contributed by atoms with Crippen molar-refractivity contribution in [3.63, 3.8) is 0 Å². The number of nitrogens with zero attached hydrogens (tertiary/aromatic N) is 3. The number of halogens is 1. The second-order valence-corrected chi connectivity index (χ2v) is 10.4. The molecule has 1 amide bonds. The number of amides is 1. The van der Waals surface area contributed by atoms with Crippen LogP contribution < -0.4 is 4.74 Å². The van der Waals surface area contributed by atoms with Gasteiger partial charge in [0.1, 0.15) is 12.4 Å². The van der Waals surface area contributed by atoms with E-state index in [1.54, 1.807) is 11.0 Å². The van der Waals surface area contributed by atoms with Crippen molar-refractivity contribution in [2.75, 3.05) is 6.54 Å². The minimum atomic E-state index is -0.105. The lowest BCUT2D eigenvalue weighted by atomic mass is 10.2. The predicted octanol–water partition coefficient (Wildman–Crippen LogP) is 7.83. The molecule has 0 unspecified atom stereocenters. The average Bonchev–Trinajstić information content (AvgIpc) is 3.50. The first-order valence-corrected chi connectivity index (χ1v) is 13.6. The van der Waals surface area contributed by atoms with E-state index in [0.29, 0.717) is 33.4 Å². The van der Waals surface area contributed by atoms with Crippen molar-refractivity contribution in [1.82, 2.24) is 9.88 Å². The molecular formula is C29H22ClN3O2S2. The van der Waals surface area contributed by atoms with E-state index >= 15 is 0 Å². The van der Waals surface area contributed by atoms with E-state index in [1.807, 2.05) is 90.3 Å². The summed E-state index contributed by atoms with van der Waals surface area (Å²) in [5.74, 6) is 0.641. The zero-order chi connectivity index (χ0) is 25.6. The number of hydrogen-bond acceptors (Lipinski definition) is 6. The van der Waals surface area contributed by atoms with Crippen molar-refractivity contribution in [3.05, 3.63) is 118 Å². The normalized spacial score (nSPS) is 15.5. The fourth-order valence-corrected chi connectivity index (χ4v) is 5.45. The van der Waals surface area contributed by atoms with Gasteiger partial charge >= 0.3 is 0 Å². The topological polar surface area (TPSA) is 54.8 Å². The van der Waals surface area contributed by atoms with Gasteiger partial charge in [0.2, 0.25) is 5.13 Å². The molecule has 1 aliphatic rings. The van der Waals surface area contributed by atoms with Gasteiger partial charge in [-0.2, -0.15) is 4.99 Å². The summed E-state index contributed by atoms with van der Waals surface area (Å²) in [5.41, 5.74) is 3.83. The van der Waals surface area contributed by atoms with Crippen LogP contribution in [0.4, 0.5) is 5.13 Å². The maximum Gasteiger partial charge on any atom is 0.267 e. The maximum absolute atomic E-state index is 13.1. The van der Waals surface area contributed by atoms with Crippen molar-refractivity contribution in [2.24, 2.45) is 4.99 Å². The molecule has 0 aliphatic carbocycles. The van der Waals surface area contributed by atoms with Crippen LogP contribution in [-0.4, -0.2) is 27.5 Å². The molecule has 8 heteroatoms. The molecule has 0 atom stereocenters. The van der Waals surface area contributed by atoms with Crippen LogP contribution in [0, 0.1) is 0 Å². The molecule has 0 N–H and O–H groups in total. The van der Waals surface area contributed by atoms with Gasteiger partial charge in [-0.3, -0.25) is 9.69 Å². The summed E-state index contributed by atoms with van der Waals surface area (Å²) in [7, 11) is 0. The molecule has 3 aromatic carbocycles. The minimum Gasteiger partial charge on any atom is -0.489 e. The Hall–Kier alpha value is -3.65. The van der Waals surface area contributed by atoms with E-state index in [0.717, 1.165) is 28.1 Å². The molecule has 5 rings (SSSR count). The van der Waals surface area contributed by atoms with Gasteiger partial charge in [-0.1, -0.05) is 72.3 Å². The fraction of sp³-hybridized carbons (Fsp3) is 0.0690. The minimum absolute atomic E-state index is 0.105. The Morgan fingerprint density at radius 1 is 1.03 bits per heavy atom. The van der Waals surface area contributed by atoms with Crippen molar-refractivity contribution >= 4 is 57.0 Å². The van der Waals surface area contributed by atoms with Gasteiger partial charge in [0, 0.05) is 22.5 Å². The van der Waals surface area contributed by atoms with Crippen LogP contribution in [-0.2, 0) is 11.4 Å². The third-order valence-corrected chi connectivity index (χ3v) is 7.44. The van der Waals surface area contributed by atoms with E-state index < -0.39 is 0 Å². The Kier molecular flexibility index (Phi) is 7.84. The van der Waals surface area contributed by atoms with E-state index in [-0.39, 0.29) is 5.91 Å². The number of carbonyl (C=O) groups excluding carboxylic acids is 1. The number of thioether (sulfide) groups is 1. The van der Waals surface area contributed by atoms with Crippen LogP contribution in [0.25, 0.3) is 17.3 Å². The molecular weight excluding hydrogens is 522 g/mol. The van der Waals surface area contributed by atoms with Crippen LogP contribution in [0.2, 0.25) is 5.02 Å². The van der Waals surface area contributed by atoms with E-state index in [1.165, 1.54) is 23.1 Å². The molecule has 1 aromatic heterocycles. The Morgan fingerprint density at radius 2 is 1.78 bits per heavy atom. The van der Waals surface area contributed by atoms with Crippen molar-refractivity contribution in [2.45, 2.75) is 6.61 Å². The monoisotopic (exact) mass is 543 g/mol. The van der Waals surface area contributed by atoms with Crippen LogP contribution in [0.1, 0.15) is 11.1 Å². The first kappa shape index (κ1) is 25.0. The van der Waals surface area contributed by atoms with Gasteiger partial charge in [0.15, 0.2) is 5.17 Å². The Bertz CT molecular complexity index is 1460. The third-order valence-electron chi connectivity index (χ3n) is 5.45. The van der Waals surface area contributed by atoms with E-state index in [9.17, 15) is 4.79 Å². The molecule has 37 heavy (non-hydrogen) atoms. The molecule has 5 nitrogen and oxygen atoms in total. The summed E-state index contributed by atoms with van der Waals surface area (Å²) in [6.45, 7) is 4.62. The highest BCUT2D eigenvalue weighted by atomic mass is 35.5. The Balaban J connectivity index is 1.30. The van der Waals surface area contributed by atoms with E-state index in [4.69, 9.17) is 21.3 Å². The fourth-order valence-electron chi connectivity index (χ4n) is 3.58. The first-order chi connectivity index (χ1) is 18.1. The van der Waals surface area contributed by atoms with Crippen LogP contribution in [0.5, 0.6) is 5.75 Å². The van der Waals surface area contributed by atoms with Crippen molar-refractivity contribution in [1.29, 1.82) is 0 Å². The molecule has 0 radical (unpaired) electrons. The van der Waals surface area contributed by atoms with E-state index in [2.05, 4.69) is 11.6 Å². The van der Waals surface area contributed by atoms with Crippen molar-refractivity contribution < 1.29 is 9.53 Å². The second-order valence-electron chi connectivity index (χ2n) is 8.07. The smallest absolute Gasteiger partial charge is 0.267 e.